The zero-order valence-corrected chi connectivity index (χ0v) is 19.0. The lowest BCUT2D eigenvalue weighted by molar-refractivity contribution is -0.136. The van der Waals surface area contributed by atoms with Crippen LogP contribution in [0.3, 0.4) is 0 Å². The van der Waals surface area contributed by atoms with Gasteiger partial charge in [0, 0.05) is 5.57 Å². The molecule has 2 aromatic carbocycles. The fraction of sp³-hybridized carbons (Fsp3) is 0.308. The Balaban J connectivity index is 0.000000327. The molecule has 0 amide bonds. The van der Waals surface area contributed by atoms with Gasteiger partial charge in [0.05, 0.1) is 7.11 Å². The second-order valence-electron chi connectivity index (χ2n) is 7.67. The number of carboxylic acids is 2. The summed E-state index contributed by atoms with van der Waals surface area (Å²) in [5.74, 6) is -1.38. The SMILES string of the molecule is CC(C(=O)O)=C(c1ccccc1C(C)C)C(C)C.COC(=Cc1ccccc1)C(=O)O. The Labute approximate surface area is 184 Å². The lowest BCUT2D eigenvalue weighted by atomic mass is 9.85. The van der Waals surface area contributed by atoms with Crippen molar-refractivity contribution in [3.63, 3.8) is 0 Å². The molecule has 0 aliphatic heterocycles. The Kier molecular flexibility index (Phi) is 10.3. The first-order valence-corrected chi connectivity index (χ1v) is 10.2. The van der Waals surface area contributed by atoms with Gasteiger partial charge in [0.25, 0.3) is 0 Å². The first-order chi connectivity index (χ1) is 14.6. The highest BCUT2D eigenvalue weighted by atomic mass is 16.5. The summed E-state index contributed by atoms with van der Waals surface area (Å²) in [6.45, 7) is 10.0. The smallest absolute Gasteiger partial charge is 0.371 e. The van der Waals surface area contributed by atoms with Crippen LogP contribution in [0.2, 0.25) is 0 Å². The third kappa shape index (κ3) is 7.78. The summed E-state index contributed by atoms with van der Waals surface area (Å²) in [5.41, 5.74) is 4.47. The van der Waals surface area contributed by atoms with Crippen LogP contribution in [0.5, 0.6) is 0 Å². The predicted octanol–water partition coefficient (Wildman–Crippen LogP) is 6.08. The van der Waals surface area contributed by atoms with Gasteiger partial charge in [-0.05, 0) is 47.1 Å². The van der Waals surface area contributed by atoms with Crippen LogP contribution in [-0.2, 0) is 14.3 Å². The number of rotatable bonds is 7. The van der Waals surface area contributed by atoms with Gasteiger partial charge in [0.1, 0.15) is 0 Å². The Morgan fingerprint density at radius 2 is 1.42 bits per heavy atom. The van der Waals surface area contributed by atoms with Crippen LogP contribution < -0.4 is 0 Å². The van der Waals surface area contributed by atoms with Crippen molar-refractivity contribution >= 4 is 23.6 Å². The van der Waals surface area contributed by atoms with Crippen LogP contribution in [0.1, 0.15) is 57.2 Å². The van der Waals surface area contributed by atoms with Gasteiger partial charge in [0.2, 0.25) is 5.76 Å². The van der Waals surface area contributed by atoms with Gasteiger partial charge in [-0.1, -0.05) is 82.3 Å². The normalized spacial score (nSPS) is 12.1. The number of benzene rings is 2. The van der Waals surface area contributed by atoms with E-state index in [2.05, 4.69) is 24.7 Å². The van der Waals surface area contributed by atoms with Gasteiger partial charge in [-0.25, -0.2) is 9.59 Å². The van der Waals surface area contributed by atoms with Crippen LogP contribution in [0.15, 0.2) is 65.9 Å². The molecule has 0 fully saturated rings. The molecule has 0 aromatic heterocycles. The molecule has 0 radical (unpaired) electrons. The zero-order valence-electron chi connectivity index (χ0n) is 19.0. The molecule has 2 aromatic rings. The van der Waals surface area contributed by atoms with Crippen molar-refractivity contribution in [2.75, 3.05) is 7.11 Å². The molecule has 0 saturated carbocycles. The molecule has 166 valence electrons. The topological polar surface area (TPSA) is 83.8 Å². The largest absolute Gasteiger partial charge is 0.490 e. The Hall–Kier alpha value is -3.34. The minimum Gasteiger partial charge on any atom is -0.490 e. The minimum atomic E-state index is -1.06. The van der Waals surface area contributed by atoms with Crippen molar-refractivity contribution in [2.24, 2.45) is 5.92 Å². The fourth-order valence-electron chi connectivity index (χ4n) is 3.22. The quantitative estimate of drug-likeness (QED) is 0.415. The molecule has 31 heavy (non-hydrogen) atoms. The summed E-state index contributed by atoms with van der Waals surface area (Å²) >= 11 is 0. The fourth-order valence-corrected chi connectivity index (χ4v) is 3.22. The van der Waals surface area contributed by atoms with E-state index < -0.39 is 11.9 Å². The van der Waals surface area contributed by atoms with Crippen LogP contribution in [0.4, 0.5) is 0 Å². The lowest BCUT2D eigenvalue weighted by Gasteiger charge is -2.20. The van der Waals surface area contributed by atoms with E-state index in [-0.39, 0.29) is 11.7 Å². The van der Waals surface area contributed by atoms with Crippen LogP contribution in [0.25, 0.3) is 11.6 Å². The van der Waals surface area contributed by atoms with E-state index in [0.29, 0.717) is 11.5 Å². The average Bonchev–Trinajstić information content (AvgIpc) is 2.73. The van der Waals surface area contributed by atoms with E-state index in [1.807, 2.05) is 62.4 Å². The summed E-state index contributed by atoms with van der Waals surface area (Å²) in [5, 5.41) is 17.9. The van der Waals surface area contributed by atoms with E-state index >= 15 is 0 Å². The zero-order chi connectivity index (χ0) is 23.6. The molecule has 0 unspecified atom stereocenters. The second kappa shape index (κ2) is 12.4. The van der Waals surface area contributed by atoms with Crippen molar-refractivity contribution in [3.8, 4) is 0 Å². The Morgan fingerprint density at radius 3 is 1.87 bits per heavy atom. The summed E-state index contributed by atoms with van der Waals surface area (Å²) in [6.07, 6.45) is 1.47. The van der Waals surface area contributed by atoms with Crippen molar-refractivity contribution in [1.29, 1.82) is 0 Å². The molecule has 2 rings (SSSR count). The monoisotopic (exact) mass is 424 g/mol. The Bertz CT molecular complexity index is 937. The van der Waals surface area contributed by atoms with Crippen molar-refractivity contribution in [1.82, 2.24) is 0 Å². The predicted molar refractivity (Wildman–Crippen MR) is 125 cm³/mol. The van der Waals surface area contributed by atoms with Gasteiger partial charge >= 0.3 is 11.9 Å². The second-order valence-corrected chi connectivity index (χ2v) is 7.67. The minimum absolute atomic E-state index is 0.0637. The van der Waals surface area contributed by atoms with Crippen LogP contribution in [-0.4, -0.2) is 29.3 Å². The number of carbonyl (C=O) groups is 2. The molecule has 0 spiro atoms. The maximum atomic E-state index is 11.2. The van der Waals surface area contributed by atoms with Crippen molar-refractivity contribution < 1.29 is 24.5 Å². The van der Waals surface area contributed by atoms with E-state index in [4.69, 9.17) is 5.11 Å². The molecule has 0 atom stereocenters. The van der Waals surface area contributed by atoms with E-state index in [1.165, 1.54) is 18.7 Å². The number of hydrogen-bond donors (Lipinski definition) is 2. The van der Waals surface area contributed by atoms with E-state index in [1.54, 1.807) is 6.92 Å². The standard InChI is InChI=1S/C16H22O2.C10H10O3/c1-10(2)13-8-6-7-9-14(13)15(11(3)4)12(5)16(17)18;1-13-9(10(11)12)7-8-5-3-2-4-6-8/h6-11H,1-5H3,(H,17,18);2-7H,1H3,(H,11,12). The van der Waals surface area contributed by atoms with Crippen LogP contribution in [0, 0.1) is 5.92 Å². The lowest BCUT2D eigenvalue weighted by Crippen LogP contribution is -2.07. The highest BCUT2D eigenvalue weighted by Gasteiger charge is 2.18. The molecular weight excluding hydrogens is 392 g/mol. The first kappa shape index (κ1) is 25.7. The average molecular weight is 425 g/mol. The molecule has 0 aliphatic rings. The van der Waals surface area contributed by atoms with Crippen molar-refractivity contribution in [3.05, 3.63) is 82.6 Å². The maximum absolute atomic E-state index is 11.2. The maximum Gasteiger partial charge on any atom is 0.371 e. The number of hydrogen-bond acceptors (Lipinski definition) is 3. The molecule has 5 nitrogen and oxygen atoms in total. The van der Waals surface area contributed by atoms with Gasteiger partial charge in [-0.2, -0.15) is 0 Å². The molecule has 2 N–H and O–H groups in total. The van der Waals surface area contributed by atoms with Crippen molar-refractivity contribution in [2.45, 2.75) is 40.5 Å². The number of aliphatic carboxylic acids is 2. The number of carboxylic acid groups (broad SMARTS) is 2. The number of ether oxygens (including phenoxy) is 1. The third-order valence-electron chi connectivity index (χ3n) is 4.70. The van der Waals surface area contributed by atoms with E-state index in [9.17, 15) is 14.7 Å². The van der Waals surface area contributed by atoms with Gasteiger partial charge < -0.3 is 14.9 Å². The molecule has 0 aliphatic carbocycles. The van der Waals surface area contributed by atoms with Gasteiger partial charge in [-0.15, -0.1) is 0 Å². The summed E-state index contributed by atoms with van der Waals surface area (Å²) < 4.78 is 4.68. The molecule has 5 heteroatoms. The molecular formula is C26H32O5. The highest BCUT2D eigenvalue weighted by Crippen LogP contribution is 2.32. The number of methoxy groups -OCH3 is 1. The summed E-state index contributed by atoms with van der Waals surface area (Å²) in [4.78, 5) is 21.8. The first-order valence-electron chi connectivity index (χ1n) is 10.2. The number of allylic oxidation sites excluding steroid dienone is 1. The van der Waals surface area contributed by atoms with Gasteiger partial charge in [-0.3, -0.25) is 0 Å². The molecule has 0 saturated heterocycles. The highest BCUT2D eigenvalue weighted by molar-refractivity contribution is 5.96. The van der Waals surface area contributed by atoms with Gasteiger partial charge in [0.15, 0.2) is 0 Å². The van der Waals surface area contributed by atoms with E-state index in [0.717, 1.165) is 16.7 Å². The molecule has 0 bridgehead atoms. The molecule has 0 heterocycles. The van der Waals surface area contributed by atoms with Crippen LogP contribution >= 0.6 is 0 Å². The summed E-state index contributed by atoms with van der Waals surface area (Å²) in [6, 6.07) is 17.2. The Morgan fingerprint density at radius 1 is 0.871 bits per heavy atom. The third-order valence-corrected chi connectivity index (χ3v) is 4.70. The summed E-state index contributed by atoms with van der Waals surface area (Å²) in [7, 11) is 1.34.